The molecular weight excluding hydrogens is 230 g/mol. The third-order valence-corrected chi connectivity index (χ3v) is 3.91. The Kier molecular flexibility index (Phi) is 4.39. The summed E-state index contributed by atoms with van der Waals surface area (Å²) >= 11 is 0. The number of carboxylic acids is 1. The van der Waals surface area contributed by atoms with Crippen molar-refractivity contribution in [2.45, 2.75) is 44.9 Å². The first-order chi connectivity index (χ1) is 8.66. The average molecular weight is 251 g/mol. The van der Waals surface area contributed by atoms with Crippen LogP contribution in [0.1, 0.15) is 44.9 Å². The lowest BCUT2D eigenvalue weighted by molar-refractivity contribution is -0.144. The van der Waals surface area contributed by atoms with E-state index in [0.29, 0.717) is 19.5 Å². The first-order valence-corrected chi connectivity index (χ1v) is 6.88. The van der Waals surface area contributed by atoms with Gasteiger partial charge in [-0.25, -0.2) is 0 Å². The van der Waals surface area contributed by atoms with Crippen LogP contribution in [0, 0.1) is 5.92 Å². The van der Waals surface area contributed by atoms with Gasteiger partial charge >= 0.3 is 5.97 Å². The minimum absolute atomic E-state index is 0.0119. The molecule has 4 nitrogen and oxygen atoms in total. The molecule has 1 atom stereocenters. The Bertz CT molecular complexity index is 354. The fourth-order valence-corrected chi connectivity index (χ4v) is 2.80. The Morgan fingerprint density at radius 1 is 1.17 bits per heavy atom. The standard InChI is InChI=1S/C14H21NO3/c16-13(9-11-5-2-1-3-6-11)15-8-4-7-12(10-15)14(17)18/h9,12H,1-8,10H2,(H,17,18)/t12-/m1/s1. The number of nitrogens with zero attached hydrogens (tertiary/aromatic N) is 1. The maximum absolute atomic E-state index is 12.1. The van der Waals surface area contributed by atoms with Crippen molar-refractivity contribution < 1.29 is 14.7 Å². The van der Waals surface area contributed by atoms with Crippen LogP contribution in [-0.4, -0.2) is 35.0 Å². The van der Waals surface area contributed by atoms with E-state index in [1.807, 2.05) is 0 Å². The van der Waals surface area contributed by atoms with Crippen LogP contribution < -0.4 is 0 Å². The largest absolute Gasteiger partial charge is 0.481 e. The lowest BCUT2D eigenvalue weighted by atomic mass is 9.94. The Balaban J connectivity index is 1.93. The molecule has 100 valence electrons. The summed E-state index contributed by atoms with van der Waals surface area (Å²) in [4.78, 5) is 24.7. The number of allylic oxidation sites excluding steroid dienone is 1. The molecule has 1 aliphatic heterocycles. The van der Waals surface area contributed by atoms with E-state index in [-0.39, 0.29) is 11.8 Å². The van der Waals surface area contributed by atoms with Crippen molar-refractivity contribution >= 4 is 11.9 Å². The maximum Gasteiger partial charge on any atom is 0.308 e. The lowest BCUT2D eigenvalue weighted by Crippen LogP contribution is -2.41. The summed E-state index contributed by atoms with van der Waals surface area (Å²) in [5.41, 5.74) is 1.24. The molecule has 0 unspecified atom stereocenters. The van der Waals surface area contributed by atoms with Crippen molar-refractivity contribution in [3.8, 4) is 0 Å². The number of hydrogen-bond acceptors (Lipinski definition) is 2. The summed E-state index contributed by atoms with van der Waals surface area (Å²) in [6, 6.07) is 0. The molecule has 1 saturated heterocycles. The molecule has 1 N–H and O–H groups in total. The summed E-state index contributed by atoms with van der Waals surface area (Å²) in [6.07, 6.45) is 8.92. The normalized spacial score (nSPS) is 24.8. The van der Waals surface area contributed by atoms with Crippen LogP contribution >= 0.6 is 0 Å². The van der Waals surface area contributed by atoms with E-state index < -0.39 is 5.97 Å². The van der Waals surface area contributed by atoms with E-state index in [4.69, 9.17) is 5.11 Å². The molecular formula is C14H21NO3. The number of likely N-dealkylation sites (tertiary alicyclic amines) is 1. The van der Waals surface area contributed by atoms with Crippen LogP contribution in [0.3, 0.4) is 0 Å². The highest BCUT2D eigenvalue weighted by molar-refractivity contribution is 5.88. The number of amides is 1. The van der Waals surface area contributed by atoms with E-state index in [9.17, 15) is 9.59 Å². The van der Waals surface area contributed by atoms with Gasteiger partial charge in [-0.2, -0.15) is 0 Å². The molecule has 2 rings (SSSR count). The van der Waals surface area contributed by atoms with E-state index >= 15 is 0 Å². The summed E-state index contributed by atoms with van der Waals surface area (Å²) in [6.45, 7) is 1.07. The number of hydrogen-bond donors (Lipinski definition) is 1. The number of carboxylic acid groups (broad SMARTS) is 1. The minimum atomic E-state index is -0.780. The van der Waals surface area contributed by atoms with E-state index in [0.717, 1.165) is 19.3 Å². The minimum Gasteiger partial charge on any atom is -0.481 e. The average Bonchev–Trinajstić information content (AvgIpc) is 2.40. The number of carbonyl (C=O) groups is 2. The quantitative estimate of drug-likeness (QED) is 0.765. The smallest absolute Gasteiger partial charge is 0.308 e. The topological polar surface area (TPSA) is 57.6 Å². The highest BCUT2D eigenvalue weighted by atomic mass is 16.4. The third-order valence-electron chi connectivity index (χ3n) is 3.91. The van der Waals surface area contributed by atoms with Crippen LogP contribution in [0.15, 0.2) is 11.6 Å². The van der Waals surface area contributed by atoms with Crippen LogP contribution in [-0.2, 0) is 9.59 Å². The fourth-order valence-electron chi connectivity index (χ4n) is 2.80. The van der Waals surface area contributed by atoms with Gasteiger partial charge in [0.15, 0.2) is 0 Å². The second kappa shape index (κ2) is 6.03. The van der Waals surface area contributed by atoms with Crippen LogP contribution in [0.25, 0.3) is 0 Å². The maximum atomic E-state index is 12.1. The van der Waals surface area contributed by atoms with Crippen molar-refractivity contribution in [3.05, 3.63) is 11.6 Å². The van der Waals surface area contributed by atoms with Gasteiger partial charge in [-0.05, 0) is 38.5 Å². The Morgan fingerprint density at radius 3 is 2.56 bits per heavy atom. The van der Waals surface area contributed by atoms with E-state index in [2.05, 4.69) is 0 Å². The second-order valence-electron chi connectivity index (χ2n) is 5.32. The zero-order valence-corrected chi connectivity index (χ0v) is 10.7. The highest BCUT2D eigenvalue weighted by Gasteiger charge is 2.27. The van der Waals surface area contributed by atoms with Crippen molar-refractivity contribution in [2.75, 3.05) is 13.1 Å². The predicted molar refractivity (Wildman–Crippen MR) is 68.1 cm³/mol. The lowest BCUT2D eigenvalue weighted by Gasteiger charge is -2.30. The van der Waals surface area contributed by atoms with Crippen LogP contribution in [0.5, 0.6) is 0 Å². The van der Waals surface area contributed by atoms with Gasteiger partial charge in [-0.3, -0.25) is 9.59 Å². The Labute approximate surface area is 108 Å². The zero-order valence-electron chi connectivity index (χ0n) is 10.7. The van der Waals surface area contributed by atoms with Crippen LogP contribution in [0.4, 0.5) is 0 Å². The van der Waals surface area contributed by atoms with Gasteiger partial charge in [0, 0.05) is 19.2 Å². The monoisotopic (exact) mass is 251 g/mol. The van der Waals surface area contributed by atoms with Crippen LogP contribution in [0.2, 0.25) is 0 Å². The van der Waals surface area contributed by atoms with Gasteiger partial charge in [-0.15, -0.1) is 0 Å². The first-order valence-electron chi connectivity index (χ1n) is 6.88. The Hall–Kier alpha value is -1.32. The van der Waals surface area contributed by atoms with Crippen molar-refractivity contribution in [3.63, 3.8) is 0 Å². The fraction of sp³-hybridized carbons (Fsp3) is 0.714. The molecule has 1 amide bonds. The molecule has 4 heteroatoms. The Morgan fingerprint density at radius 2 is 1.89 bits per heavy atom. The van der Waals surface area contributed by atoms with E-state index in [1.165, 1.54) is 24.8 Å². The van der Waals surface area contributed by atoms with Gasteiger partial charge in [0.25, 0.3) is 0 Å². The summed E-state index contributed by atoms with van der Waals surface area (Å²) in [5, 5.41) is 9.01. The van der Waals surface area contributed by atoms with Crippen molar-refractivity contribution in [2.24, 2.45) is 5.92 Å². The molecule has 2 aliphatic rings. The molecule has 0 aromatic heterocycles. The molecule has 0 aromatic carbocycles. The molecule has 1 heterocycles. The molecule has 2 fully saturated rings. The number of rotatable bonds is 2. The van der Waals surface area contributed by atoms with E-state index in [1.54, 1.807) is 11.0 Å². The first kappa shape index (κ1) is 13.1. The molecule has 18 heavy (non-hydrogen) atoms. The summed E-state index contributed by atoms with van der Waals surface area (Å²) in [7, 11) is 0. The zero-order chi connectivity index (χ0) is 13.0. The van der Waals surface area contributed by atoms with Crippen molar-refractivity contribution in [1.29, 1.82) is 0 Å². The van der Waals surface area contributed by atoms with Gasteiger partial charge in [0.2, 0.25) is 5.91 Å². The van der Waals surface area contributed by atoms with Gasteiger partial charge < -0.3 is 10.0 Å². The number of carbonyl (C=O) groups excluding carboxylic acids is 1. The molecule has 0 radical (unpaired) electrons. The SMILES string of the molecule is O=C(O)[C@@H]1CCCN(C(=O)C=C2CCCCC2)C1. The summed E-state index contributed by atoms with van der Waals surface area (Å²) < 4.78 is 0. The number of aliphatic carboxylic acids is 1. The molecule has 1 aliphatic carbocycles. The predicted octanol–water partition coefficient (Wildman–Crippen LogP) is 2.20. The van der Waals surface area contributed by atoms with Gasteiger partial charge in [0.1, 0.15) is 0 Å². The van der Waals surface area contributed by atoms with Gasteiger partial charge in [0.05, 0.1) is 5.92 Å². The summed E-state index contributed by atoms with van der Waals surface area (Å²) in [5.74, 6) is -1.15. The highest BCUT2D eigenvalue weighted by Crippen LogP contribution is 2.23. The van der Waals surface area contributed by atoms with Gasteiger partial charge in [-0.1, -0.05) is 12.0 Å². The third kappa shape index (κ3) is 3.34. The second-order valence-corrected chi connectivity index (χ2v) is 5.32. The number of piperidine rings is 1. The van der Waals surface area contributed by atoms with Crippen molar-refractivity contribution in [1.82, 2.24) is 4.90 Å². The molecule has 0 bridgehead atoms. The molecule has 0 aromatic rings. The molecule has 1 saturated carbocycles. The molecule has 0 spiro atoms.